The van der Waals surface area contributed by atoms with E-state index in [9.17, 15) is 10.2 Å². The quantitative estimate of drug-likeness (QED) is 0.699. The van der Waals surface area contributed by atoms with Gasteiger partial charge >= 0.3 is 0 Å². The van der Waals surface area contributed by atoms with Gasteiger partial charge in [-0.3, -0.25) is 0 Å². The number of aliphatic hydroxyl groups excluding tert-OH is 2. The summed E-state index contributed by atoms with van der Waals surface area (Å²) in [5, 5.41) is 18.9. The second-order valence-electron chi connectivity index (χ2n) is 4.27. The molecule has 90 valence electrons. The maximum atomic E-state index is 9.54. The number of aliphatic hydroxyl groups is 2. The average Bonchev–Trinajstić information content (AvgIpc) is 2.64. The van der Waals surface area contributed by atoms with Gasteiger partial charge in [-0.15, -0.1) is 0 Å². The number of ether oxygens (including phenoxy) is 2. The Morgan fingerprint density at radius 1 is 1.20 bits per heavy atom. The molecule has 4 nitrogen and oxygen atoms in total. The standard InChI is InChI=1S/C11H22O4/c1-3-9(12)10(13)5-4-6-11(2)14-7-8-15-11/h9-10,12-13H,3-8H2,1-2H3/t9-,10+/m0/s1. The van der Waals surface area contributed by atoms with E-state index < -0.39 is 18.0 Å². The largest absolute Gasteiger partial charge is 0.390 e. The van der Waals surface area contributed by atoms with E-state index in [4.69, 9.17) is 9.47 Å². The molecule has 0 spiro atoms. The smallest absolute Gasteiger partial charge is 0.165 e. The third-order valence-electron chi connectivity index (χ3n) is 2.89. The Morgan fingerprint density at radius 2 is 1.80 bits per heavy atom. The first-order valence-corrected chi connectivity index (χ1v) is 5.71. The van der Waals surface area contributed by atoms with Gasteiger partial charge in [0.05, 0.1) is 25.4 Å². The first-order chi connectivity index (χ1) is 7.07. The van der Waals surface area contributed by atoms with Crippen LogP contribution in [0.25, 0.3) is 0 Å². The van der Waals surface area contributed by atoms with Crippen molar-refractivity contribution in [3.63, 3.8) is 0 Å². The minimum Gasteiger partial charge on any atom is -0.390 e. The molecule has 1 rings (SSSR count). The number of hydrogen-bond acceptors (Lipinski definition) is 4. The summed E-state index contributed by atoms with van der Waals surface area (Å²) >= 11 is 0. The molecule has 0 amide bonds. The van der Waals surface area contributed by atoms with Gasteiger partial charge in [0.25, 0.3) is 0 Å². The second-order valence-corrected chi connectivity index (χ2v) is 4.27. The molecule has 2 N–H and O–H groups in total. The van der Waals surface area contributed by atoms with Gasteiger partial charge in [0, 0.05) is 6.42 Å². The van der Waals surface area contributed by atoms with E-state index in [1.807, 2.05) is 13.8 Å². The summed E-state index contributed by atoms with van der Waals surface area (Å²) in [5.74, 6) is -0.475. The van der Waals surface area contributed by atoms with E-state index >= 15 is 0 Å². The zero-order chi connectivity index (χ0) is 11.3. The first-order valence-electron chi connectivity index (χ1n) is 5.71. The molecule has 0 saturated carbocycles. The van der Waals surface area contributed by atoms with Gasteiger partial charge in [-0.1, -0.05) is 6.92 Å². The molecule has 4 heteroatoms. The SMILES string of the molecule is CC[C@H](O)[C@H](O)CCCC1(C)OCCO1. The Balaban J connectivity index is 2.15. The fourth-order valence-corrected chi connectivity index (χ4v) is 1.80. The van der Waals surface area contributed by atoms with Crippen molar-refractivity contribution in [2.45, 2.75) is 57.5 Å². The Hall–Kier alpha value is -0.160. The van der Waals surface area contributed by atoms with Crippen molar-refractivity contribution in [2.24, 2.45) is 0 Å². The van der Waals surface area contributed by atoms with Crippen LogP contribution in [0.5, 0.6) is 0 Å². The maximum Gasteiger partial charge on any atom is 0.165 e. The highest BCUT2D eigenvalue weighted by Gasteiger charge is 2.30. The molecule has 1 fully saturated rings. The molecular formula is C11H22O4. The molecule has 0 aromatic rings. The molecule has 0 aromatic heterocycles. The molecule has 0 bridgehead atoms. The van der Waals surface area contributed by atoms with Crippen LogP contribution in [0.3, 0.4) is 0 Å². The van der Waals surface area contributed by atoms with Gasteiger partial charge in [0.2, 0.25) is 0 Å². The van der Waals surface area contributed by atoms with E-state index in [0.717, 1.165) is 12.8 Å². The monoisotopic (exact) mass is 218 g/mol. The van der Waals surface area contributed by atoms with Crippen LogP contribution in [0.1, 0.15) is 39.5 Å². The number of hydrogen-bond donors (Lipinski definition) is 2. The summed E-state index contributed by atoms with van der Waals surface area (Å²) < 4.78 is 10.9. The third-order valence-corrected chi connectivity index (χ3v) is 2.89. The van der Waals surface area contributed by atoms with Crippen LogP contribution >= 0.6 is 0 Å². The van der Waals surface area contributed by atoms with E-state index in [-0.39, 0.29) is 0 Å². The van der Waals surface area contributed by atoms with Gasteiger partial charge in [-0.2, -0.15) is 0 Å². The summed E-state index contributed by atoms with van der Waals surface area (Å²) in [4.78, 5) is 0. The van der Waals surface area contributed by atoms with Gasteiger partial charge < -0.3 is 19.7 Å². The molecule has 0 aromatic carbocycles. The van der Waals surface area contributed by atoms with Crippen molar-refractivity contribution >= 4 is 0 Å². The van der Waals surface area contributed by atoms with Crippen LogP contribution in [0, 0.1) is 0 Å². The summed E-state index contributed by atoms with van der Waals surface area (Å²) in [6.45, 7) is 5.08. The van der Waals surface area contributed by atoms with Gasteiger partial charge in [-0.05, 0) is 26.2 Å². The topological polar surface area (TPSA) is 58.9 Å². The van der Waals surface area contributed by atoms with Crippen LogP contribution in [0.15, 0.2) is 0 Å². The molecule has 0 radical (unpaired) electrons. The van der Waals surface area contributed by atoms with Gasteiger partial charge in [-0.25, -0.2) is 0 Å². The van der Waals surface area contributed by atoms with Crippen molar-refractivity contribution in [1.82, 2.24) is 0 Å². The summed E-state index contributed by atoms with van der Waals surface area (Å²) in [5.41, 5.74) is 0. The van der Waals surface area contributed by atoms with E-state index in [1.54, 1.807) is 0 Å². The summed E-state index contributed by atoms with van der Waals surface area (Å²) in [6, 6.07) is 0. The lowest BCUT2D eigenvalue weighted by atomic mass is 10.0. The first kappa shape index (κ1) is 12.9. The fourth-order valence-electron chi connectivity index (χ4n) is 1.80. The van der Waals surface area contributed by atoms with Gasteiger partial charge in [0.15, 0.2) is 5.79 Å². The number of rotatable bonds is 6. The molecular weight excluding hydrogens is 196 g/mol. The summed E-state index contributed by atoms with van der Waals surface area (Å²) in [7, 11) is 0. The molecule has 1 aliphatic rings. The van der Waals surface area contributed by atoms with E-state index in [2.05, 4.69) is 0 Å². The predicted octanol–water partition coefficient (Wildman–Crippen LogP) is 1.05. The minimum absolute atomic E-state index is 0.475. The zero-order valence-corrected chi connectivity index (χ0v) is 9.61. The van der Waals surface area contributed by atoms with Crippen molar-refractivity contribution < 1.29 is 19.7 Å². The molecule has 0 aliphatic carbocycles. The second kappa shape index (κ2) is 5.80. The Morgan fingerprint density at radius 3 is 2.33 bits per heavy atom. The lowest BCUT2D eigenvalue weighted by Crippen LogP contribution is -2.28. The fraction of sp³-hybridized carbons (Fsp3) is 1.00. The minimum atomic E-state index is -0.625. The highest BCUT2D eigenvalue weighted by atomic mass is 16.7. The lowest BCUT2D eigenvalue weighted by Gasteiger charge is -2.23. The van der Waals surface area contributed by atoms with Gasteiger partial charge in [0.1, 0.15) is 0 Å². The average molecular weight is 218 g/mol. The van der Waals surface area contributed by atoms with E-state index in [0.29, 0.717) is 26.1 Å². The molecule has 1 heterocycles. The predicted molar refractivity (Wildman–Crippen MR) is 56.5 cm³/mol. The Bertz CT molecular complexity index is 177. The molecule has 15 heavy (non-hydrogen) atoms. The van der Waals surface area contributed by atoms with Crippen LogP contribution in [-0.4, -0.2) is 41.4 Å². The Kier molecular flexibility index (Phi) is 4.99. The molecule has 2 atom stereocenters. The van der Waals surface area contributed by atoms with Crippen LogP contribution in [0.2, 0.25) is 0 Å². The molecule has 0 unspecified atom stereocenters. The zero-order valence-electron chi connectivity index (χ0n) is 9.61. The Labute approximate surface area is 91.2 Å². The van der Waals surface area contributed by atoms with E-state index in [1.165, 1.54) is 0 Å². The lowest BCUT2D eigenvalue weighted by molar-refractivity contribution is -0.148. The van der Waals surface area contributed by atoms with Crippen molar-refractivity contribution in [2.75, 3.05) is 13.2 Å². The maximum absolute atomic E-state index is 9.54. The van der Waals surface area contributed by atoms with Crippen molar-refractivity contribution in [1.29, 1.82) is 0 Å². The normalized spacial score (nSPS) is 24.0. The molecule has 1 aliphatic heterocycles. The highest BCUT2D eigenvalue weighted by Crippen LogP contribution is 2.25. The van der Waals surface area contributed by atoms with Crippen molar-refractivity contribution in [3.05, 3.63) is 0 Å². The third kappa shape index (κ3) is 4.07. The van der Waals surface area contributed by atoms with Crippen molar-refractivity contribution in [3.8, 4) is 0 Å². The van der Waals surface area contributed by atoms with Crippen LogP contribution in [-0.2, 0) is 9.47 Å². The van der Waals surface area contributed by atoms with Crippen LogP contribution < -0.4 is 0 Å². The molecule has 1 saturated heterocycles. The summed E-state index contributed by atoms with van der Waals surface area (Å²) in [6.07, 6.45) is 1.51. The highest BCUT2D eigenvalue weighted by molar-refractivity contribution is 4.71. The van der Waals surface area contributed by atoms with Crippen LogP contribution in [0.4, 0.5) is 0 Å².